The minimum atomic E-state index is -0.00655. The second kappa shape index (κ2) is 5.09. The van der Waals surface area contributed by atoms with E-state index in [0.717, 1.165) is 6.42 Å². The molecule has 0 radical (unpaired) electrons. The van der Waals surface area contributed by atoms with E-state index in [-0.39, 0.29) is 18.4 Å². The van der Waals surface area contributed by atoms with Gasteiger partial charge in [-0.2, -0.15) is 0 Å². The number of carbonyl (C=O) groups excluding carboxylic acids is 1. The minimum absolute atomic E-state index is 0.00655. The molecule has 0 saturated carbocycles. The van der Waals surface area contributed by atoms with Crippen molar-refractivity contribution in [3.63, 3.8) is 0 Å². The van der Waals surface area contributed by atoms with E-state index in [2.05, 4.69) is 0 Å². The molecule has 2 heterocycles. The van der Waals surface area contributed by atoms with Crippen molar-refractivity contribution in [1.29, 1.82) is 0 Å². The molecular weight excluding hydrogens is 246 g/mol. The van der Waals surface area contributed by atoms with Gasteiger partial charge in [0.15, 0.2) is 11.5 Å². The quantitative estimate of drug-likeness (QED) is 0.861. The molecule has 1 fully saturated rings. The molecular formula is C14H17NO4. The van der Waals surface area contributed by atoms with Crippen LogP contribution in [0.2, 0.25) is 0 Å². The van der Waals surface area contributed by atoms with Crippen molar-refractivity contribution in [2.75, 3.05) is 32.9 Å². The first-order chi connectivity index (χ1) is 9.28. The molecule has 0 aliphatic carbocycles. The highest BCUT2D eigenvalue weighted by atomic mass is 16.6. The monoisotopic (exact) mass is 263 g/mol. The van der Waals surface area contributed by atoms with Gasteiger partial charge >= 0.3 is 0 Å². The van der Waals surface area contributed by atoms with Crippen LogP contribution in [-0.2, 0) is 0 Å². The Kier molecular flexibility index (Phi) is 3.29. The van der Waals surface area contributed by atoms with Crippen LogP contribution in [0.4, 0.5) is 0 Å². The SMILES string of the molecule is O=C(c1ccc2c(c1)OCCO2)N1CC[C@@H](CO)C1. The average Bonchev–Trinajstić information content (AvgIpc) is 2.95. The zero-order valence-electron chi connectivity index (χ0n) is 10.7. The number of nitrogens with zero attached hydrogens (tertiary/aromatic N) is 1. The van der Waals surface area contributed by atoms with Crippen LogP contribution in [-0.4, -0.2) is 48.8 Å². The predicted octanol–water partition coefficient (Wildman–Crippen LogP) is 0.912. The topological polar surface area (TPSA) is 59.0 Å². The van der Waals surface area contributed by atoms with Gasteiger partial charge in [-0.1, -0.05) is 0 Å². The summed E-state index contributed by atoms with van der Waals surface area (Å²) in [7, 11) is 0. The first-order valence-electron chi connectivity index (χ1n) is 6.57. The third-order valence-corrected chi connectivity index (χ3v) is 3.62. The van der Waals surface area contributed by atoms with Gasteiger partial charge in [0, 0.05) is 31.2 Å². The molecule has 3 rings (SSSR count). The molecule has 1 aromatic carbocycles. The highest BCUT2D eigenvalue weighted by molar-refractivity contribution is 5.95. The van der Waals surface area contributed by atoms with Gasteiger partial charge in [0.2, 0.25) is 0 Å². The van der Waals surface area contributed by atoms with E-state index in [1.54, 1.807) is 23.1 Å². The standard InChI is InChI=1S/C14H17NO4/c16-9-10-3-4-15(8-10)14(17)11-1-2-12-13(7-11)19-6-5-18-12/h1-2,7,10,16H,3-6,8-9H2/t10-/m1/s1. The Bertz CT molecular complexity index is 488. The van der Waals surface area contributed by atoms with Crippen molar-refractivity contribution < 1.29 is 19.4 Å². The minimum Gasteiger partial charge on any atom is -0.486 e. The number of rotatable bonds is 2. The van der Waals surface area contributed by atoms with Gasteiger partial charge in [-0.15, -0.1) is 0 Å². The highest BCUT2D eigenvalue weighted by Gasteiger charge is 2.27. The van der Waals surface area contributed by atoms with Crippen LogP contribution in [0.15, 0.2) is 18.2 Å². The summed E-state index contributed by atoms with van der Waals surface area (Å²) in [5.74, 6) is 1.53. The largest absolute Gasteiger partial charge is 0.486 e. The molecule has 1 saturated heterocycles. The molecule has 5 nitrogen and oxygen atoms in total. The van der Waals surface area contributed by atoms with E-state index in [4.69, 9.17) is 14.6 Å². The van der Waals surface area contributed by atoms with Gasteiger partial charge in [-0.3, -0.25) is 4.79 Å². The summed E-state index contributed by atoms with van der Waals surface area (Å²) in [6.07, 6.45) is 0.868. The van der Waals surface area contributed by atoms with Gasteiger partial charge in [0.25, 0.3) is 5.91 Å². The van der Waals surface area contributed by atoms with Crippen molar-refractivity contribution >= 4 is 5.91 Å². The maximum absolute atomic E-state index is 12.3. The number of fused-ring (bicyclic) bond motifs is 1. The van der Waals surface area contributed by atoms with Crippen molar-refractivity contribution in [3.05, 3.63) is 23.8 Å². The van der Waals surface area contributed by atoms with Crippen molar-refractivity contribution in [3.8, 4) is 11.5 Å². The van der Waals surface area contributed by atoms with E-state index in [0.29, 0.717) is 43.4 Å². The van der Waals surface area contributed by atoms with Crippen molar-refractivity contribution in [2.45, 2.75) is 6.42 Å². The molecule has 0 unspecified atom stereocenters. The summed E-state index contributed by atoms with van der Waals surface area (Å²) in [6.45, 7) is 2.54. The molecule has 0 aromatic heterocycles. The third kappa shape index (κ3) is 2.38. The number of carbonyl (C=O) groups is 1. The molecule has 2 aliphatic rings. The fourth-order valence-corrected chi connectivity index (χ4v) is 2.53. The molecule has 2 aliphatic heterocycles. The first kappa shape index (κ1) is 12.3. The van der Waals surface area contributed by atoms with E-state index in [1.165, 1.54) is 0 Å². The maximum atomic E-state index is 12.3. The van der Waals surface area contributed by atoms with Gasteiger partial charge < -0.3 is 19.5 Å². The second-order valence-corrected chi connectivity index (χ2v) is 4.95. The lowest BCUT2D eigenvalue weighted by Crippen LogP contribution is -2.29. The molecule has 1 amide bonds. The van der Waals surface area contributed by atoms with Gasteiger partial charge in [0.05, 0.1) is 0 Å². The zero-order valence-corrected chi connectivity index (χ0v) is 10.7. The summed E-state index contributed by atoms with van der Waals surface area (Å²) in [5.41, 5.74) is 0.614. The van der Waals surface area contributed by atoms with Crippen LogP contribution in [0.5, 0.6) is 11.5 Å². The number of aliphatic hydroxyl groups excluding tert-OH is 1. The lowest BCUT2D eigenvalue weighted by molar-refractivity contribution is 0.0780. The second-order valence-electron chi connectivity index (χ2n) is 4.95. The van der Waals surface area contributed by atoms with E-state index in [1.807, 2.05) is 0 Å². The normalized spacial score (nSPS) is 21.5. The van der Waals surface area contributed by atoms with Crippen LogP contribution in [0.25, 0.3) is 0 Å². The van der Waals surface area contributed by atoms with E-state index in [9.17, 15) is 4.79 Å². The Morgan fingerprint density at radius 2 is 2.11 bits per heavy atom. The zero-order chi connectivity index (χ0) is 13.2. The first-order valence-corrected chi connectivity index (χ1v) is 6.57. The van der Waals surface area contributed by atoms with Gasteiger partial charge in [-0.25, -0.2) is 0 Å². The number of ether oxygens (including phenoxy) is 2. The molecule has 5 heteroatoms. The smallest absolute Gasteiger partial charge is 0.254 e. The number of benzene rings is 1. The maximum Gasteiger partial charge on any atom is 0.254 e. The lowest BCUT2D eigenvalue weighted by Gasteiger charge is -2.20. The van der Waals surface area contributed by atoms with Crippen LogP contribution in [0.3, 0.4) is 0 Å². The Hall–Kier alpha value is -1.75. The fraction of sp³-hybridized carbons (Fsp3) is 0.500. The van der Waals surface area contributed by atoms with Crippen LogP contribution in [0.1, 0.15) is 16.8 Å². The van der Waals surface area contributed by atoms with Gasteiger partial charge in [0.1, 0.15) is 13.2 Å². The molecule has 19 heavy (non-hydrogen) atoms. The van der Waals surface area contributed by atoms with Crippen molar-refractivity contribution in [2.24, 2.45) is 5.92 Å². The number of amides is 1. The summed E-state index contributed by atoms with van der Waals surface area (Å²) < 4.78 is 10.9. The molecule has 1 atom stereocenters. The van der Waals surface area contributed by atoms with Gasteiger partial charge in [-0.05, 0) is 24.6 Å². The summed E-state index contributed by atoms with van der Waals surface area (Å²) in [4.78, 5) is 14.1. The van der Waals surface area contributed by atoms with Crippen LogP contribution < -0.4 is 9.47 Å². The fourth-order valence-electron chi connectivity index (χ4n) is 2.53. The molecule has 0 bridgehead atoms. The number of aliphatic hydroxyl groups is 1. The summed E-state index contributed by atoms with van der Waals surface area (Å²) in [6, 6.07) is 5.28. The van der Waals surface area contributed by atoms with Crippen molar-refractivity contribution in [1.82, 2.24) is 4.90 Å². The summed E-state index contributed by atoms with van der Waals surface area (Å²) >= 11 is 0. The van der Waals surface area contributed by atoms with E-state index >= 15 is 0 Å². The number of hydrogen-bond acceptors (Lipinski definition) is 4. The molecule has 0 spiro atoms. The van der Waals surface area contributed by atoms with Crippen LogP contribution in [0, 0.1) is 5.92 Å². The van der Waals surface area contributed by atoms with Crippen LogP contribution >= 0.6 is 0 Å². The molecule has 1 N–H and O–H groups in total. The Balaban J connectivity index is 1.77. The highest BCUT2D eigenvalue weighted by Crippen LogP contribution is 2.31. The number of hydrogen-bond donors (Lipinski definition) is 1. The average molecular weight is 263 g/mol. The molecule has 1 aromatic rings. The Morgan fingerprint density at radius 3 is 2.84 bits per heavy atom. The Labute approximate surface area is 111 Å². The summed E-state index contributed by atoms with van der Waals surface area (Å²) in [5, 5.41) is 9.12. The Morgan fingerprint density at radius 1 is 1.32 bits per heavy atom. The third-order valence-electron chi connectivity index (χ3n) is 3.62. The number of likely N-dealkylation sites (tertiary alicyclic amines) is 1. The predicted molar refractivity (Wildman–Crippen MR) is 68.5 cm³/mol. The lowest BCUT2D eigenvalue weighted by atomic mass is 10.1. The van der Waals surface area contributed by atoms with E-state index < -0.39 is 0 Å². The molecule has 102 valence electrons.